The average molecular weight is 284 g/mol. The van der Waals surface area contributed by atoms with Gasteiger partial charge in [0.15, 0.2) is 0 Å². The van der Waals surface area contributed by atoms with Gasteiger partial charge in [-0.2, -0.15) is 0 Å². The third kappa shape index (κ3) is 2.32. The maximum atomic E-state index is 12.7. The normalized spacial score (nSPS) is 11.8. The summed E-state index contributed by atoms with van der Waals surface area (Å²) >= 11 is 3.49. The second-order valence-corrected chi connectivity index (χ2v) is 5.99. The van der Waals surface area contributed by atoms with E-state index in [2.05, 4.69) is 20.9 Å². The van der Waals surface area contributed by atoms with Gasteiger partial charge in [0.2, 0.25) is 5.89 Å². The molecule has 4 heteroatoms. The van der Waals surface area contributed by atoms with Crippen LogP contribution in [0.2, 0.25) is 0 Å². The van der Waals surface area contributed by atoms with E-state index in [-0.39, 0.29) is 10.1 Å². The van der Waals surface area contributed by atoms with Gasteiger partial charge >= 0.3 is 0 Å². The number of aromatic nitrogens is 1. The van der Waals surface area contributed by atoms with Crippen molar-refractivity contribution < 1.29 is 8.81 Å². The third-order valence-corrected chi connectivity index (χ3v) is 2.57. The van der Waals surface area contributed by atoms with E-state index >= 15 is 0 Å². The van der Waals surface area contributed by atoms with E-state index in [1.165, 1.54) is 12.1 Å². The molecule has 1 aromatic heterocycles. The summed E-state index contributed by atoms with van der Waals surface area (Å²) in [5.74, 6) is 0.978. The Hall–Kier alpha value is -1.16. The van der Waals surface area contributed by atoms with Crippen molar-refractivity contribution in [3.05, 3.63) is 42.0 Å². The number of hydrogen-bond donors (Lipinski definition) is 0. The third-order valence-electron chi connectivity index (χ3n) is 2.18. The minimum absolute atomic E-state index is 0.252. The Balaban J connectivity index is 2.35. The fourth-order valence-electron chi connectivity index (χ4n) is 1.27. The molecule has 0 N–H and O–H groups in total. The molecule has 16 heavy (non-hydrogen) atoms. The van der Waals surface area contributed by atoms with Gasteiger partial charge in [0.05, 0.1) is 10.5 Å². The molecular formula is C12H11BrFNO. The van der Waals surface area contributed by atoms with Crippen molar-refractivity contribution in [2.24, 2.45) is 0 Å². The van der Waals surface area contributed by atoms with Crippen LogP contribution in [0.25, 0.3) is 11.5 Å². The molecule has 0 unspecified atom stereocenters. The highest BCUT2D eigenvalue weighted by atomic mass is 79.9. The summed E-state index contributed by atoms with van der Waals surface area (Å²) in [6.45, 7) is 3.95. The topological polar surface area (TPSA) is 26.0 Å². The van der Waals surface area contributed by atoms with Crippen LogP contribution in [0.15, 0.2) is 34.9 Å². The monoisotopic (exact) mass is 283 g/mol. The first-order chi connectivity index (χ1) is 7.47. The van der Waals surface area contributed by atoms with Gasteiger partial charge in [-0.1, -0.05) is 15.9 Å². The SMILES string of the molecule is CC(C)(Br)c1cnc(-c2ccc(F)cc2)o1. The molecule has 0 saturated carbocycles. The van der Waals surface area contributed by atoms with Crippen LogP contribution >= 0.6 is 15.9 Å². The molecule has 1 aromatic carbocycles. The molecule has 0 fully saturated rings. The molecule has 2 aromatic rings. The summed E-state index contributed by atoms with van der Waals surface area (Å²) in [4.78, 5) is 4.16. The van der Waals surface area contributed by atoms with E-state index in [4.69, 9.17) is 4.42 Å². The summed E-state index contributed by atoms with van der Waals surface area (Å²) in [5.41, 5.74) is 0.768. The second-order valence-electron chi connectivity index (χ2n) is 4.01. The van der Waals surface area contributed by atoms with Crippen molar-refractivity contribution in [3.8, 4) is 11.5 Å². The minimum Gasteiger partial charge on any atom is -0.440 e. The minimum atomic E-state index is -0.267. The molecule has 0 saturated heterocycles. The zero-order chi connectivity index (χ0) is 11.8. The molecular weight excluding hydrogens is 273 g/mol. The molecule has 0 amide bonds. The van der Waals surface area contributed by atoms with Gasteiger partial charge in [-0.05, 0) is 38.1 Å². The lowest BCUT2D eigenvalue weighted by molar-refractivity contribution is 0.481. The highest BCUT2D eigenvalue weighted by Gasteiger charge is 2.21. The summed E-state index contributed by atoms with van der Waals surface area (Å²) in [5, 5.41) is 0. The molecule has 0 radical (unpaired) electrons. The first-order valence-electron chi connectivity index (χ1n) is 4.88. The van der Waals surface area contributed by atoms with Crippen LogP contribution in [0.3, 0.4) is 0 Å². The zero-order valence-electron chi connectivity index (χ0n) is 9.00. The van der Waals surface area contributed by atoms with Crippen LogP contribution in [0.1, 0.15) is 19.6 Å². The lowest BCUT2D eigenvalue weighted by atomic mass is 10.2. The number of benzene rings is 1. The molecule has 0 aliphatic carbocycles. The van der Waals surface area contributed by atoms with Crippen molar-refractivity contribution in [3.63, 3.8) is 0 Å². The van der Waals surface area contributed by atoms with E-state index in [1.807, 2.05) is 13.8 Å². The van der Waals surface area contributed by atoms with E-state index in [0.29, 0.717) is 5.89 Å². The molecule has 0 atom stereocenters. The molecule has 1 heterocycles. The first-order valence-corrected chi connectivity index (χ1v) is 5.67. The Labute approximate surface area is 102 Å². The van der Waals surface area contributed by atoms with Crippen LogP contribution < -0.4 is 0 Å². The highest BCUT2D eigenvalue weighted by Crippen LogP contribution is 2.32. The van der Waals surface area contributed by atoms with Gasteiger partial charge in [-0.25, -0.2) is 9.37 Å². The number of halogens is 2. The maximum Gasteiger partial charge on any atom is 0.226 e. The van der Waals surface area contributed by atoms with Crippen molar-refractivity contribution in [2.75, 3.05) is 0 Å². The fourth-order valence-corrected chi connectivity index (χ4v) is 1.46. The molecule has 84 valence electrons. The predicted molar refractivity (Wildman–Crippen MR) is 63.9 cm³/mol. The molecule has 0 spiro atoms. The number of rotatable bonds is 2. The smallest absolute Gasteiger partial charge is 0.226 e. The standard InChI is InChI=1S/C12H11BrFNO/c1-12(2,13)10-7-15-11(16-10)8-3-5-9(14)6-4-8/h3-7H,1-2H3. The van der Waals surface area contributed by atoms with Gasteiger partial charge in [0.25, 0.3) is 0 Å². The van der Waals surface area contributed by atoms with Crippen molar-refractivity contribution >= 4 is 15.9 Å². The van der Waals surface area contributed by atoms with Gasteiger partial charge < -0.3 is 4.42 Å². The van der Waals surface area contributed by atoms with E-state index < -0.39 is 0 Å². The molecule has 0 aliphatic rings. The van der Waals surface area contributed by atoms with E-state index in [0.717, 1.165) is 11.3 Å². The van der Waals surface area contributed by atoms with Crippen LogP contribution in [0.4, 0.5) is 4.39 Å². The van der Waals surface area contributed by atoms with Crippen LogP contribution in [0.5, 0.6) is 0 Å². The summed E-state index contributed by atoms with van der Waals surface area (Å²) in [6, 6.07) is 6.06. The number of oxazole rings is 1. The van der Waals surface area contributed by atoms with Gasteiger partial charge in [0, 0.05) is 5.56 Å². The molecule has 0 bridgehead atoms. The fraction of sp³-hybridized carbons (Fsp3) is 0.250. The Morgan fingerprint density at radius 3 is 2.38 bits per heavy atom. The van der Waals surface area contributed by atoms with Crippen LogP contribution in [-0.2, 0) is 4.32 Å². The summed E-state index contributed by atoms with van der Waals surface area (Å²) < 4.78 is 18.1. The Kier molecular flexibility index (Phi) is 2.84. The molecule has 2 rings (SSSR count). The van der Waals surface area contributed by atoms with Gasteiger partial charge in [0.1, 0.15) is 11.6 Å². The largest absolute Gasteiger partial charge is 0.440 e. The second kappa shape index (κ2) is 4.01. The van der Waals surface area contributed by atoms with E-state index in [9.17, 15) is 4.39 Å². The van der Waals surface area contributed by atoms with Crippen LogP contribution in [0, 0.1) is 5.82 Å². The Bertz CT molecular complexity index is 484. The zero-order valence-corrected chi connectivity index (χ0v) is 10.6. The first kappa shape index (κ1) is 11.3. The quantitative estimate of drug-likeness (QED) is 0.776. The van der Waals surface area contributed by atoms with Crippen molar-refractivity contribution in [1.29, 1.82) is 0 Å². The Morgan fingerprint density at radius 2 is 1.88 bits per heavy atom. The van der Waals surface area contributed by atoms with Crippen molar-refractivity contribution in [2.45, 2.75) is 18.2 Å². The molecule has 2 nitrogen and oxygen atoms in total. The number of hydrogen-bond acceptors (Lipinski definition) is 2. The van der Waals surface area contributed by atoms with Crippen molar-refractivity contribution in [1.82, 2.24) is 4.98 Å². The van der Waals surface area contributed by atoms with Gasteiger partial charge in [-0.15, -0.1) is 0 Å². The molecule has 0 aliphatic heterocycles. The highest BCUT2D eigenvalue weighted by molar-refractivity contribution is 9.09. The summed E-state index contributed by atoms with van der Waals surface area (Å²) in [7, 11) is 0. The summed E-state index contributed by atoms with van der Waals surface area (Å²) in [6.07, 6.45) is 1.67. The van der Waals surface area contributed by atoms with E-state index in [1.54, 1.807) is 18.3 Å². The Morgan fingerprint density at radius 1 is 1.25 bits per heavy atom. The lowest BCUT2D eigenvalue weighted by Crippen LogP contribution is -2.04. The van der Waals surface area contributed by atoms with Gasteiger partial charge in [-0.3, -0.25) is 0 Å². The average Bonchev–Trinajstić information content (AvgIpc) is 2.67. The maximum absolute atomic E-state index is 12.7. The van der Waals surface area contributed by atoms with Crippen LogP contribution in [-0.4, -0.2) is 4.98 Å². The predicted octanol–water partition coefficient (Wildman–Crippen LogP) is 4.11. The number of alkyl halides is 1. The number of nitrogens with zero attached hydrogens (tertiary/aromatic N) is 1. The lowest BCUT2D eigenvalue weighted by Gasteiger charge is -2.10.